The Hall–Kier alpha value is -1.51. The third kappa shape index (κ3) is 4.96. The minimum Gasteiger partial charge on any atom is -0.505 e. The maximum absolute atomic E-state index is 4.31. The largest absolute Gasteiger partial charge is 0.505 e. The van der Waals surface area contributed by atoms with Gasteiger partial charge in [0.2, 0.25) is 0 Å². The summed E-state index contributed by atoms with van der Waals surface area (Å²) in [6, 6.07) is 0. The maximum atomic E-state index is 4.31. The molecule has 0 unspecified atom stereocenters. The number of ether oxygens (including phenoxy) is 1. The zero-order chi connectivity index (χ0) is 8.53. The van der Waals surface area contributed by atoms with Gasteiger partial charge < -0.3 is 9.30 Å². The lowest BCUT2D eigenvalue weighted by Crippen LogP contribution is -1.73. The summed E-state index contributed by atoms with van der Waals surface area (Å²) < 4.78 is 6.08. The number of aromatic nitrogens is 2. The van der Waals surface area contributed by atoms with Gasteiger partial charge in [0.25, 0.3) is 0 Å². The molecule has 0 aromatic carbocycles. The molecule has 1 rings (SSSR count). The minimum atomic E-state index is 1.38. The van der Waals surface area contributed by atoms with Crippen molar-refractivity contribution in [2.75, 3.05) is 7.11 Å². The fourth-order valence-corrected chi connectivity index (χ4v) is 0.377. The van der Waals surface area contributed by atoms with Crippen LogP contribution in [-0.2, 0) is 4.74 Å². The number of rotatable bonds is 2. The van der Waals surface area contributed by atoms with Crippen LogP contribution in [0.25, 0.3) is 6.20 Å². The second kappa shape index (κ2) is 6.61. The fraction of sp³-hybridized carbons (Fsp3) is 0.125. The number of methoxy groups -OCH3 is 1. The lowest BCUT2D eigenvalue weighted by Gasteiger charge is -1.80. The molecule has 0 aliphatic heterocycles. The van der Waals surface area contributed by atoms with Crippen LogP contribution in [0.2, 0.25) is 0 Å². The molecule has 11 heavy (non-hydrogen) atoms. The van der Waals surface area contributed by atoms with E-state index in [0.717, 1.165) is 0 Å². The average Bonchev–Trinajstić information content (AvgIpc) is 2.56. The molecular weight excluding hydrogens is 140 g/mol. The van der Waals surface area contributed by atoms with E-state index in [1.165, 1.54) is 6.26 Å². The molecule has 0 N–H and O–H groups in total. The highest BCUT2D eigenvalue weighted by molar-refractivity contribution is 5.14. The normalized spacial score (nSPS) is 7.36. The molecule has 0 fully saturated rings. The van der Waals surface area contributed by atoms with Gasteiger partial charge in [-0.15, -0.1) is 0 Å². The molecule has 0 amide bonds. The molecule has 3 heteroatoms. The Labute approximate surface area is 66.6 Å². The number of hydrogen-bond donors (Lipinski definition) is 0. The smallest absolute Gasteiger partial charge is 0.0986 e. The molecular formula is C8H12N2O. The number of imidazole rings is 1. The summed E-state index contributed by atoms with van der Waals surface area (Å²) in [6.45, 7) is 6.78. The number of hydrogen-bond acceptors (Lipinski definition) is 2. The van der Waals surface area contributed by atoms with Crippen LogP contribution in [0.1, 0.15) is 0 Å². The predicted molar refractivity (Wildman–Crippen MR) is 45.8 cm³/mol. The van der Waals surface area contributed by atoms with Crippen molar-refractivity contribution in [2.45, 2.75) is 0 Å². The molecule has 1 aromatic heterocycles. The second-order valence-corrected chi connectivity index (χ2v) is 1.59. The van der Waals surface area contributed by atoms with Crippen molar-refractivity contribution in [2.24, 2.45) is 0 Å². The molecule has 1 aromatic rings. The van der Waals surface area contributed by atoms with Crippen LogP contribution >= 0.6 is 0 Å². The lowest BCUT2D eigenvalue weighted by molar-refractivity contribution is 0.339. The molecule has 0 atom stereocenters. The summed E-state index contributed by atoms with van der Waals surface area (Å²) in [5, 5.41) is 0. The van der Waals surface area contributed by atoms with Crippen molar-refractivity contribution >= 4 is 6.20 Å². The van der Waals surface area contributed by atoms with Crippen LogP contribution in [0.15, 0.2) is 38.1 Å². The highest BCUT2D eigenvalue weighted by atomic mass is 16.5. The van der Waals surface area contributed by atoms with Crippen LogP contribution in [0.3, 0.4) is 0 Å². The van der Waals surface area contributed by atoms with Crippen molar-refractivity contribution in [3.05, 3.63) is 38.1 Å². The Morgan fingerprint density at radius 3 is 2.36 bits per heavy atom. The van der Waals surface area contributed by atoms with Crippen molar-refractivity contribution in [3.63, 3.8) is 0 Å². The van der Waals surface area contributed by atoms with E-state index in [9.17, 15) is 0 Å². The monoisotopic (exact) mass is 152 g/mol. The van der Waals surface area contributed by atoms with E-state index in [2.05, 4.69) is 22.9 Å². The van der Waals surface area contributed by atoms with Crippen molar-refractivity contribution in [3.8, 4) is 0 Å². The van der Waals surface area contributed by atoms with E-state index in [0.29, 0.717) is 0 Å². The number of nitrogens with zero attached hydrogens (tertiary/aromatic N) is 2. The van der Waals surface area contributed by atoms with Gasteiger partial charge in [-0.25, -0.2) is 4.98 Å². The van der Waals surface area contributed by atoms with Gasteiger partial charge >= 0.3 is 0 Å². The Bertz CT molecular complexity index is 192. The summed E-state index contributed by atoms with van der Waals surface area (Å²) in [5.74, 6) is 0. The third-order valence-electron chi connectivity index (χ3n) is 0.902. The summed E-state index contributed by atoms with van der Waals surface area (Å²) in [5.41, 5.74) is 0. The topological polar surface area (TPSA) is 27.1 Å². The van der Waals surface area contributed by atoms with Gasteiger partial charge in [-0.3, -0.25) is 0 Å². The van der Waals surface area contributed by atoms with Gasteiger partial charge in [0.1, 0.15) is 0 Å². The van der Waals surface area contributed by atoms with E-state index in [4.69, 9.17) is 0 Å². The lowest BCUT2D eigenvalue weighted by atomic mass is 10.9. The van der Waals surface area contributed by atoms with Gasteiger partial charge in [-0.1, -0.05) is 13.2 Å². The standard InChI is InChI=1S/C5H6N2.C3H6O/c1-2-7-4-3-6-5-7;1-3-4-2/h2-5H,1H2;3H,1H2,2H3. The molecule has 3 nitrogen and oxygen atoms in total. The Morgan fingerprint density at radius 2 is 2.18 bits per heavy atom. The molecule has 0 aliphatic rings. The van der Waals surface area contributed by atoms with Crippen LogP contribution in [0, 0.1) is 0 Å². The SMILES string of the molecule is C=COC.C=Cn1ccnc1. The van der Waals surface area contributed by atoms with Crippen LogP contribution < -0.4 is 0 Å². The Morgan fingerprint density at radius 1 is 1.55 bits per heavy atom. The first-order chi connectivity index (χ1) is 5.35. The summed E-state index contributed by atoms with van der Waals surface area (Å²) in [7, 11) is 1.56. The van der Waals surface area contributed by atoms with E-state index >= 15 is 0 Å². The first-order valence-electron chi connectivity index (χ1n) is 3.08. The van der Waals surface area contributed by atoms with Crippen molar-refractivity contribution in [1.82, 2.24) is 9.55 Å². The van der Waals surface area contributed by atoms with Crippen LogP contribution in [-0.4, -0.2) is 16.7 Å². The molecule has 0 saturated carbocycles. The molecule has 1 heterocycles. The van der Waals surface area contributed by atoms with Crippen LogP contribution in [0.4, 0.5) is 0 Å². The van der Waals surface area contributed by atoms with Crippen molar-refractivity contribution < 1.29 is 4.74 Å². The van der Waals surface area contributed by atoms with E-state index in [1.807, 2.05) is 6.20 Å². The van der Waals surface area contributed by atoms with Crippen molar-refractivity contribution in [1.29, 1.82) is 0 Å². The molecule has 0 aliphatic carbocycles. The first-order valence-corrected chi connectivity index (χ1v) is 3.08. The summed E-state index contributed by atoms with van der Waals surface area (Å²) in [4.78, 5) is 3.78. The Balaban J connectivity index is 0.000000218. The van der Waals surface area contributed by atoms with Gasteiger partial charge in [-0.2, -0.15) is 0 Å². The zero-order valence-corrected chi connectivity index (χ0v) is 6.60. The maximum Gasteiger partial charge on any atom is 0.0986 e. The zero-order valence-electron chi connectivity index (χ0n) is 6.60. The summed E-state index contributed by atoms with van der Waals surface area (Å²) in [6.07, 6.45) is 8.29. The van der Waals surface area contributed by atoms with E-state index < -0.39 is 0 Å². The third-order valence-corrected chi connectivity index (χ3v) is 0.902. The van der Waals surface area contributed by atoms with Gasteiger partial charge in [0, 0.05) is 18.6 Å². The molecule has 0 saturated heterocycles. The molecule has 0 spiro atoms. The minimum absolute atomic E-state index is 1.38. The molecule has 60 valence electrons. The quantitative estimate of drug-likeness (QED) is 0.604. The predicted octanol–water partition coefficient (Wildman–Crippen LogP) is 1.76. The highest BCUT2D eigenvalue weighted by Crippen LogP contribution is 1.81. The second-order valence-electron chi connectivity index (χ2n) is 1.59. The van der Waals surface area contributed by atoms with E-state index in [1.54, 1.807) is 30.4 Å². The van der Waals surface area contributed by atoms with Gasteiger partial charge in [0.15, 0.2) is 0 Å². The molecule has 0 bridgehead atoms. The van der Waals surface area contributed by atoms with E-state index in [-0.39, 0.29) is 0 Å². The first kappa shape index (κ1) is 9.49. The van der Waals surface area contributed by atoms with Gasteiger partial charge in [0.05, 0.1) is 19.7 Å². The fourth-order valence-electron chi connectivity index (χ4n) is 0.377. The average molecular weight is 152 g/mol. The van der Waals surface area contributed by atoms with Crippen LogP contribution in [0.5, 0.6) is 0 Å². The van der Waals surface area contributed by atoms with Gasteiger partial charge in [-0.05, 0) is 0 Å². The highest BCUT2D eigenvalue weighted by Gasteiger charge is 1.73. The Kier molecular flexibility index (Phi) is 5.70. The molecule has 0 radical (unpaired) electrons. The summed E-state index contributed by atoms with van der Waals surface area (Å²) >= 11 is 0.